The number of oxazole rings is 1. The van der Waals surface area contributed by atoms with E-state index in [2.05, 4.69) is 4.98 Å². The minimum absolute atomic E-state index is 0.378. The number of ether oxygens (including phenoxy) is 1. The summed E-state index contributed by atoms with van der Waals surface area (Å²) < 4.78 is 10.8. The Morgan fingerprint density at radius 2 is 2.00 bits per heavy atom. The number of aromatic nitrogens is 1. The molecule has 2 aromatic carbocycles. The Hall–Kier alpha value is -2.70. The van der Waals surface area contributed by atoms with Crippen molar-refractivity contribution in [1.82, 2.24) is 4.98 Å². The smallest absolute Gasteiger partial charge is 0.308 e. The zero-order valence-electron chi connectivity index (χ0n) is 11.9. The van der Waals surface area contributed by atoms with Crippen LogP contribution in [0.2, 0.25) is 0 Å². The number of hydrogen-bond donors (Lipinski definition) is 2. The van der Waals surface area contributed by atoms with Gasteiger partial charge in [0.25, 0.3) is 0 Å². The van der Waals surface area contributed by atoms with Gasteiger partial charge in [0.1, 0.15) is 11.3 Å². The predicted molar refractivity (Wildman–Crippen MR) is 81.9 cm³/mol. The third-order valence-corrected chi connectivity index (χ3v) is 3.17. The van der Waals surface area contributed by atoms with Gasteiger partial charge in [0.2, 0.25) is 5.89 Å². The number of fused-ring (bicyclic) bond motifs is 1. The van der Waals surface area contributed by atoms with Gasteiger partial charge in [-0.1, -0.05) is 12.1 Å². The number of esters is 1. The first-order valence-corrected chi connectivity index (χ1v) is 6.74. The number of benzene rings is 2. The van der Waals surface area contributed by atoms with Gasteiger partial charge in [-0.25, -0.2) is 4.98 Å². The van der Waals surface area contributed by atoms with E-state index < -0.39 is 12.1 Å². The van der Waals surface area contributed by atoms with E-state index in [0.717, 1.165) is 5.52 Å². The van der Waals surface area contributed by atoms with Crippen LogP contribution in [-0.2, 0) is 4.79 Å². The molecule has 1 aromatic heterocycles. The van der Waals surface area contributed by atoms with Crippen molar-refractivity contribution < 1.29 is 13.9 Å². The molecule has 0 aliphatic carbocycles. The lowest BCUT2D eigenvalue weighted by Crippen LogP contribution is -2.21. The van der Waals surface area contributed by atoms with Crippen LogP contribution in [-0.4, -0.2) is 11.0 Å². The van der Waals surface area contributed by atoms with Crippen molar-refractivity contribution in [3.05, 3.63) is 48.0 Å². The maximum absolute atomic E-state index is 11.1. The Bertz CT molecular complexity index is 807. The summed E-state index contributed by atoms with van der Waals surface area (Å²) in [6, 6.07) is 12.4. The Balaban J connectivity index is 2.10. The molecule has 0 fully saturated rings. The predicted octanol–water partition coefficient (Wildman–Crippen LogP) is 2.34. The molecule has 0 aliphatic rings. The zero-order chi connectivity index (χ0) is 15.7. The molecule has 0 saturated carbocycles. The maximum Gasteiger partial charge on any atom is 0.308 e. The number of nitrogens with zero attached hydrogens (tertiary/aromatic N) is 1. The lowest BCUT2D eigenvalue weighted by atomic mass is 10.0. The van der Waals surface area contributed by atoms with Crippen LogP contribution < -0.4 is 16.2 Å². The van der Waals surface area contributed by atoms with E-state index >= 15 is 0 Å². The highest BCUT2D eigenvalue weighted by Gasteiger charge is 2.16. The van der Waals surface area contributed by atoms with Crippen LogP contribution in [0.25, 0.3) is 22.6 Å². The third kappa shape index (κ3) is 2.69. The zero-order valence-corrected chi connectivity index (χ0v) is 11.9. The van der Waals surface area contributed by atoms with Crippen molar-refractivity contribution in [3.8, 4) is 17.2 Å². The van der Waals surface area contributed by atoms with Crippen molar-refractivity contribution >= 4 is 17.1 Å². The molecule has 4 N–H and O–H groups in total. The van der Waals surface area contributed by atoms with Gasteiger partial charge in [0.05, 0.1) is 6.17 Å². The van der Waals surface area contributed by atoms with Gasteiger partial charge >= 0.3 is 5.97 Å². The molecule has 1 heterocycles. The molecule has 112 valence electrons. The van der Waals surface area contributed by atoms with Crippen LogP contribution in [0.3, 0.4) is 0 Å². The van der Waals surface area contributed by atoms with E-state index in [-0.39, 0.29) is 0 Å². The molecule has 6 nitrogen and oxygen atoms in total. The first-order valence-electron chi connectivity index (χ1n) is 6.74. The van der Waals surface area contributed by atoms with Crippen molar-refractivity contribution in [2.24, 2.45) is 11.5 Å². The SMILES string of the molecule is CC(=O)Oc1ccc(-c2nc3ccccc3o2)c(C(N)N)c1. The summed E-state index contributed by atoms with van der Waals surface area (Å²) in [4.78, 5) is 15.5. The van der Waals surface area contributed by atoms with Crippen molar-refractivity contribution in [1.29, 1.82) is 0 Å². The van der Waals surface area contributed by atoms with Gasteiger partial charge in [0.15, 0.2) is 5.58 Å². The van der Waals surface area contributed by atoms with Crippen molar-refractivity contribution in [2.45, 2.75) is 13.1 Å². The molecule has 0 amide bonds. The van der Waals surface area contributed by atoms with Crippen LogP contribution in [0, 0.1) is 0 Å². The Labute approximate surface area is 126 Å². The molecular formula is C16H15N3O3. The van der Waals surface area contributed by atoms with Gasteiger partial charge in [-0.2, -0.15) is 0 Å². The van der Waals surface area contributed by atoms with E-state index in [1.165, 1.54) is 6.92 Å². The molecule has 0 aliphatic heterocycles. The van der Waals surface area contributed by atoms with Gasteiger partial charge in [0, 0.05) is 12.5 Å². The molecule has 0 saturated heterocycles. The number of para-hydroxylation sites is 2. The molecule has 22 heavy (non-hydrogen) atoms. The second-order valence-corrected chi connectivity index (χ2v) is 4.86. The van der Waals surface area contributed by atoms with Crippen LogP contribution in [0.1, 0.15) is 18.7 Å². The Morgan fingerprint density at radius 1 is 1.23 bits per heavy atom. The summed E-state index contributed by atoms with van der Waals surface area (Å²) in [6.45, 7) is 1.33. The van der Waals surface area contributed by atoms with Gasteiger partial charge in [-0.3, -0.25) is 4.79 Å². The summed E-state index contributed by atoms with van der Waals surface area (Å²) in [7, 11) is 0. The van der Waals surface area contributed by atoms with Crippen LogP contribution in [0.15, 0.2) is 46.9 Å². The number of hydrogen-bond acceptors (Lipinski definition) is 6. The molecule has 0 unspecified atom stereocenters. The molecule has 0 atom stereocenters. The van der Waals surface area contributed by atoms with E-state index in [4.69, 9.17) is 20.6 Å². The standard InChI is InChI=1S/C16H15N3O3/c1-9(20)21-10-6-7-11(12(8-10)15(17)18)16-19-13-4-2-3-5-14(13)22-16/h2-8,15H,17-18H2,1H3. The van der Waals surface area contributed by atoms with E-state index in [1.807, 2.05) is 24.3 Å². The lowest BCUT2D eigenvalue weighted by molar-refractivity contribution is -0.131. The summed E-state index contributed by atoms with van der Waals surface area (Å²) in [5, 5.41) is 0. The molecule has 0 radical (unpaired) electrons. The fourth-order valence-corrected chi connectivity index (χ4v) is 2.23. The highest BCUT2D eigenvalue weighted by atomic mass is 16.5. The Morgan fingerprint density at radius 3 is 2.68 bits per heavy atom. The van der Waals surface area contributed by atoms with Crippen LogP contribution in [0.4, 0.5) is 0 Å². The van der Waals surface area contributed by atoms with Crippen molar-refractivity contribution in [2.75, 3.05) is 0 Å². The van der Waals surface area contributed by atoms with Gasteiger partial charge < -0.3 is 20.6 Å². The molecule has 0 bridgehead atoms. The average molecular weight is 297 g/mol. The van der Waals surface area contributed by atoms with Crippen LogP contribution >= 0.6 is 0 Å². The van der Waals surface area contributed by atoms with Crippen molar-refractivity contribution in [3.63, 3.8) is 0 Å². The van der Waals surface area contributed by atoms with E-state index in [9.17, 15) is 4.79 Å². The quantitative estimate of drug-likeness (QED) is 0.437. The maximum atomic E-state index is 11.1. The van der Waals surface area contributed by atoms with E-state index in [0.29, 0.717) is 28.4 Å². The lowest BCUT2D eigenvalue weighted by Gasteiger charge is -2.12. The summed E-state index contributed by atoms with van der Waals surface area (Å²) in [6.07, 6.45) is -0.750. The number of carbonyl (C=O) groups excluding carboxylic acids is 1. The normalized spacial score (nSPS) is 11.1. The highest BCUT2D eigenvalue weighted by Crippen LogP contribution is 2.31. The summed E-state index contributed by atoms with van der Waals surface area (Å²) in [5.74, 6) is 0.390. The molecular weight excluding hydrogens is 282 g/mol. The first kappa shape index (κ1) is 14.2. The molecule has 0 spiro atoms. The minimum atomic E-state index is -0.750. The monoisotopic (exact) mass is 297 g/mol. The topological polar surface area (TPSA) is 104 Å². The molecule has 3 aromatic rings. The fourth-order valence-electron chi connectivity index (χ4n) is 2.23. The second-order valence-electron chi connectivity index (χ2n) is 4.86. The van der Waals surface area contributed by atoms with Gasteiger partial charge in [-0.15, -0.1) is 0 Å². The number of rotatable bonds is 3. The number of nitrogens with two attached hydrogens (primary N) is 2. The minimum Gasteiger partial charge on any atom is -0.436 e. The fraction of sp³-hybridized carbons (Fsp3) is 0.125. The summed E-state index contributed by atoms with van der Waals surface area (Å²) >= 11 is 0. The second kappa shape index (κ2) is 5.59. The van der Waals surface area contributed by atoms with E-state index in [1.54, 1.807) is 18.2 Å². The molecule has 3 rings (SSSR count). The number of carbonyl (C=O) groups is 1. The average Bonchev–Trinajstić information content (AvgIpc) is 2.90. The molecule has 6 heteroatoms. The highest BCUT2D eigenvalue weighted by molar-refractivity contribution is 5.77. The van der Waals surface area contributed by atoms with Gasteiger partial charge in [-0.05, 0) is 35.9 Å². The summed E-state index contributed by atoms with van der Waals surface area (Å²) in [5.41, 5.74) is 14.3. The largest absolute Gasteiger partial charge is 0.436 e. The third-order valence-electron chi connectivity index (χ3n) is 3.17. The first-order chi connectivity index (χ1) is 10.5. The Kier molecular flexibility index (Phi) is 3.62. The van der Waals surface area contributed by atoms with Crippen LogP contribution in [0.5, 0.6) is 5.75 Å².